The zero-order valence-electron chi connectivity index (χ0n) is 19.0. The van der Waals surface area contributed by atoms with Gasteiger partial charge in [-0.15, -0.1) is 0 Å². The number of benzene rings is 3. The highest BCUT2D eigenvalue weighted by molar-refractivity contribution is 5.88. The molecule has 0 atom stereocenters. The van der Waals surface area contributed by atoms with Gasteiger partial charge in [0.2, 0.25) is 0 Å². The Bertz CT molecular complexity index is 1170. The molecule has 0 saturated heterocycles. The lowest BCUT2D eigenvalue weighted by Crippen LogP contribution is -2.03. The molecule has 0 aliphatic rings. The van der Waals surface area contributed by atoms with Crippen molar-refractivity contribution in [1.82, 2.24) is 0 Å². The van der Waals surface area contributed by atoms with E-state index < -0.39 is 17.6 Å². The number of rotatable bonds is 9. The van der Waals surface area contributed by atoms with Crippen molar-refractivity contribution < 1.29 is 23.0 Å². The van der Waals surface area contributed by atoms with E-state index in [1.807, 2.05) is 24.3 Å². The molecule has 3 nitrogen and oxygen atoms in total. The predicted octanol–water partition coefficient (Wildman–Crippen LogP) is 6.94. The predicted molar refractivity (Wildman–Crippen MR) is 130 cm³/mol. The standard InChI is InChI=1S/C29H26F2O3/c1-2-3-4-5-20-33-25-14-8-22(9-15-25)6-7-23-10-16-26(17-11-23)34-29(32)19-13-24-12-18-27(30)28(31)21-24/h8-19,21H,2-5,20H2,1H3/b19-13+. The molecule has 0 heterocycles. The molecular formula is C29H26F2O3. The highest BCUT2D eigenvalue weighted by Crippen LogP contribution is 2.15. The van der Waals surface area contributed by atoms with Crippen LogP contribution in [0.3, 0.4) is 0 Å². The van der Waals surface area contributed by atoms with Crippen molar-refractivity contribution in [1.29, 1.82) is 0 Å². The molecule has 0 amide bonds. The van der Waals surface area contributed by atoms with Crippen molar-refractivity contribution in [2.75, 3.05) is 6.61 Å². The largest absolute Gasteiger partial charge is 0.494 e. The van der Waals surface area contributed by atoms with E-state index in [-0.39, 0.29) is 0 Å². The van der Waals surface area contributed by atoms with Crippen LogP contribution < -0.4 is 9.47 Å². The van der Waals surface area contributed by atoms with E-state index in [2.05, 4.69) is 18.8 Å². The molecule has 3 rings (SSSR count). The van der Waals surface area contributed by atoms with Gasteiger partial charge in [-0.25, -0.2) is 13.6 Å². The van der Waals surface area contributed by atoms with Crippen LogP contribution in [0.4, 0.5) is 8.78 Å². The molecular weight excluding hydrogens is 434 g/mol. The molecule has 174 valence electrons. The van der Waals surface area contributed by atoms with Crippen LogP contribution in [0.15, 0.2) is 72.8 Å². The first-order valence-corrected chi connectivity index (χ1v) is 11.2. The molecule has 3 aromatic carbocycles. The van der Waals surface area contributed by atoms with Crippen LogP contribution in [0.2, 0.25) is 0 Å². The monoisotopic (exact) mass is 460 g/mol. The van der Waals surface area contributed by atoms with E-state index in [1.165, 1.54) is 31.4 Å². The third kappa shape index (κ3) is 8.22. The first-order valence-electron chi connectivity index (χ1n) is 11.2. The second-order valence-electron chi connectivity index (χ2n) is 7.64. The summed E-state index contributed by atoms with van der Waals surface area (Å²) < 4.78 is 37.1. The van der Waals surface area contributed by atoms with Crippen LogP contribution in [0.1, 0.15) is 49.3 Å². The smallest absolute Gasteiger partial charge is 0.336 e. The Morgan fingerprint density at radius 1 is 0.824 bits per heavy atom. The molecule has 0 unspecified atom stereocenters. The number of halogens is 2. The molecule has 0 aliphatic heterocycles. The normalized spacial score (nSPS) is 10.6. The van der Waals surface area contributed by atoms with Crippen molar-refractivity contribution in [3.8, 4) is 23.3 Å². The van der Waals surface area contributed by atoms with Crippen molar-refractivity contribution in [2.45, 2.75) is 32.6 Å². The number of carbonyl (C=O) groups is 1. The molecule has 5 heteroatoms. The molecule has 0 saturated carbocycles. The third-order valence-corrected chi connectivity index (χ3v) is 4.90. The van der Waals surface area contributed by atoms with Crippen molar-refractivity contribution in [2.24, 2.45) is 0 Å². The Morgan fingerprint density at radius 3 is 2.09 bits per heavy atom. The number of ether oxygens (including phenoxy) is 2. The zero-order chi connectivity index (χ0) is 24.2. The van der Waals surface area contributed by atoms with Gasteiger partial charge in [-0.3, -0.25) is 0 Å². The summed E-state index contributed by atoms with van der Waals surface area (Å²) >= 11 is 0. The fraction of sp³-hybridized carbons (Fsp3) is 0.207. The molecule has 0 fully saturated rings. The Labute approximate surface area is 199 Å². The summed E-state index contributed by atoms with van der Waals surface area (Å²) in [7, 11) is 0. The van der Waals surface area contributed by atoms with Gasteiger partial charge in [0.05, 0.1) is 6.61 Å². The maximum atomic E-state index is 13.2. The fourth-order valence-electron chi connectivity index (χ4n) is 3.03. The van der Waals surface area contributed by atoms with Gasteiger partial charge in [0.15, 0.2) is 11.6 Å². The summed E-state index contributed by atoms with van der Waals surface area (Å²) in [6.45, 7) is 2.91. The minimum absolute atomic E-state index is 0.353. The average molecular weight is 461 g/mol. The van der Waals surface area contributed by atoms with Crippen LogP contribution >= 0.6 is 0 Å². The van der Waals surface area contributed by atoms with E-state index in [0.29, 0.717) is 11.3 Å². The second kappa shape index (κ2) is 13.0. The quantitative estimate of drug-likeness (QED) is 0.114. The number of esters is 1. The Kier molecular flexibility index (Phi) is 9.42. The van der Waals surface area contributed by atoms with E-state index in [0.717, 1.165) is 48.1 Å². The molecule has 0 bridgehead atoms. The van der Waals surface area contributed by atoms with Gasteiger partial charge < -0.3 is 9.47 Å². The zero-order valence-corrected chi connectivity index (χ0v) is 19.0. The molecule has 3 aromatic rings. The molecule has 0 N–H and O–H groups in total. The van der Waals surface area contributed by atoms with Crippen LogP contribution in [-0.2, 0) is 4.79 Å². The molecule has 0 aromatic heterocycles. The molecule has 0 spiro atoms. The van der Waals surface area contributed by atoms with Gasteiger partial charge in [-0.05, 0) is 78.7 Å². The van der Waals surface area contributed by atoms with E-state index in [1.54, 1.807) is 24.3 Å². The van der Waals surface area contributed by atoms with Crippen molar-refractivity contribution >= 4 is 12.0 Å². The van der Waals surface area contributed by atoms with Crippen LogP contribution in [-0.4, -0.2) is 12.6 Å². The van der Waals surface area contributed by atoms with E-state index in [4.69, 9.17) is 9.47 Å². The summed E-state index contributed by atoms with van der Waals surface area (Å²) in [5.41, 5.74) is 2.00. The van der Waals surface area contributed by atoms with Crippen LogP contribution in [0.5, 0.6) is 11.5 Å². The van der Waals surface area contributed by atoms with E-state index in [9.17, 15) is 13.6 Å². The molecule has 0 radical (unpaired) electrons. The summed E-state index contributed by atoms with van der Waals surface area (Å²) in [5.74, 6) is 4.81. The van der Waals surface area contributed by atoms with Gasteiger partial charge in [-0.1, -0.05) is 44.1 Å². The van der Waals surface area contributed by atoms with Gasteiger partial charge in [0.1, 0.15) is 11.5 Å². The minimum atomic E-state index is -0.978. The first-order chi connectivity index (χ1) is 16.5. The lowest BCUT2D eigenvalue weighted by atomic mass is 10.1. The second-order valence-corrected chi connectivity index (χ2v) is 7.64. The maximum Gasteiger partial charge on any atom is 0.336 e. The first kappa shape index (κ1) is 24.7. The third-order valence-electron chi connectivity index (χ3n) is 4.90. The number of hydrogen-bond acceptors (Lipinski definition) is 3. The van der Waals surface area contributed by atoms with Gasteiger partial charge in [0.25, 0.3) is 0 Å². The van der Waals surface area contributed by atoms with E-state index >= 15 is 0 Å². The van der Waals surface area contributed by atoms with Crippen molar-refractivity contribution in [3.63, 3.8) is 0 Å². The van der Waals surface area contributed by atoms with Gasteiger partial charge >= 0.3 is 5.97 Å². The fourth-order valence-corrected chi connectivity index (χ4v) is 3.03. The molecule has 34 heavy (non-hydrogen) atoms. The maximum absolute atomic E-state index is 13.2. The van der Waals surface area contributed by atoms with Crippen LogP contribution in [0, 0.1) is 23.5 Å². The molecule has 0 aliphatic carbocycles. The number of carbonyl (C=O) groups excluding carboxylic acids is 1. The summed E-state index contributed by atoms with van der Waals surface area (Å²) in [5, 5.41) is 0. The topological polar surface area (TPSA) is 35.5 Å². The van der Waals surface area contributed by atoms with Gasteiger partial charge in [0, 0.05) is 17.2 Å². The highest BCUT2D eigenvalue weighted by atomic mass is 19.2. The average Bonchev–Trinajstić information content (AvgIpc) is 2.85. The van der Waals surface area contributed by atoms with Crippen LogP contribution in [0.25, 0.3) is 6.08 Å². The Hall–Kier alpha value is -3.91. The van der Waals surface area contributed by atoms with Crippen molar-refractivity contribution in [3.05, 3.63) is 101 Å². The minimum Gasteiger partial charge on any atom is -0.494 e. The Balaban J connectivity index is 1.49. The lowest BCUT2D eigenvalue weighted by molar-refractivity contribution is -0.128. The van der Waals surface area contributed by atoms with Gasteiger partial charge in [-0.2, -0.15) is 0 Å². The number of hydrogen-bond donors (Lipinski definition) is 0. The highest BCUT2D eigenvalue weighted by Gasteiger charge is 2.03. The lowest BCUT2D eigenvalue weighted by Gasteiger charge is -2.05. The summed E-state index contributed by atoms with van der Waals surface area (Å²) in [4.78, 5) is 12.0. The number of unbranched alkanes of at least 4 members (excludes halogenated alkanes) is 3. The summed E-state index contributed by atoms with van der Waals surface area (Å²) in [6, 6.07) is 17.8. The Morgan fingerprint density at radius 2 is 1.47 bits per heavy atom. The SMILES string of the molecule is CCCCCCOc1ccc(C#Cc2ccc(OC(=O)/C=C/c3ccc(F)c(F)c3)cc2)cc1. The summed E-state index contributed by atoms with van der Waals surface area (Å²) in [6.07, 6.45) is 7.20.